The molecule has 2 aromatic heterocycles. The van der Waals surface area contributed by atoms with E-state index in [1.54, 1.807) is 12.3 Å². The number of hydrogen-bond acceptors (Lipinski definition) is 5. The summed E-state index contributed by atoms with van der Waals surface area (Å²) >= 11 is 6.26. The molecule has 1 aromatic carbocycles. The number of benzene rings is 1. The molecule has 0 bridgehead atoms. The number of amides is 1. The van der Waals surface area contributed by atoms with E-state index in [1.807, 2.05) is 37.3 Å². The number of halogens is 1. The molecule has 0 aliphatic heterocycles. The zero-order valence-electron chi connectivity index (χ0n) is 16.2. The summed E-state index contributed by atoms with van der Waals surface area (Å²) in [6.45, 7) is 2.98. The predicted molar refractivity (Wildman–Crippen MR) is 114 cm³/mol. The van der Waals surface area contributed by atoms with E-state index in [0.717, 1.165) is 24.7 Å². The Morgan fingerprint density at radius 1 is 1.24 bits per heavy atom. The molecule has 2 N–H and O–H groups in total. The van der Waals surface area contributed by atoms with E-state index in [0.29, 0.717) is 34.3 Å². The quantitative estimate of drug-likeness (QED) is 0.518. The summed E-state index contributed by atoms with van der Waals surface area (Å²) in [5.41, 5.74) is 1.89. The van der Waals surface area contributed by atoms with Crippen molar-refractivity contribution in [2.75, 3.05) is 17.2 Å². The van der Waals surface area contributed by atoms with Gasteiger partial charge in [-0.2, -0.15) is 0 Å². The Hall–Kier alpha value is -2.86. The maximum Gasteiger partial charge on any atom is 0.293 e. The number of anilines is 2. The minimum atomic E-state index is -0.347. The molecule has 0 atom stereocenters. The van der Waals surface area contributed by atoms with Gasteiger partial charge in [-0.05, 0) is 49.4 Å². The van der Waals surface area contributed by atoms with Crippen LogP contribution in [0.3, 0.4) is 0 Å². The van der Waals surface area contributed by atoms with E-state index in [-0.39, 0.29) is 11.7 Å². The topological polar surface area (TPSA) is 80.0 Å². The predicted octanol–water partition coefficient (Wildman–Crippen LogP) is 5.42. The normalized spacial score (nSPS) is 13.3. The summed E-state index contributed by atoms with van der Waals surface area (Å²) in [4.78, 5) is 21.7. The molecule has 0 saturated heterocycles. The van der Waals surface area contributed by atoms with Crippen molar-refractivity contribution in [3.8, 4) is 11.5 Å². The molecule has 29 heavy (non-hydrogen) atoms. The van der Waals surface area contributed by atoms with Crippen LogP contribution in [0.25, 0.3) is 11.5 Å². The van der Waals surface area contributed by atoms with Gasteiger partial charge in [0.05, 0.1) is 28.2 Å². The summed E-state index contributed by atoms with van der Waals surface area (Å²) in [5.74, 6) is 1.79. The Balaban J connectivity index is 1.50. The van der Waals surface area contributed by atoms with Crippen molar-refractivity contribution in [2.24, 2.45) is 5.92 Å². The zero-order chi connectivity index (χ0) is 20.2. The Morgan fingerprint density at radius 3 is 2.76 bits per heavy atom. The lowest BCUT2D eigenvalue weighted by Gasteiger charge is -2.07. The highest BCUT2D eigenvalue weighted by Gasteiger charge is 2.22. The SMILES string of the molecule is CCCc1nc(-c2ccccc2Cl)oc1C(=O)Nc1ccc(NCC2CC2)nc1. The number of carbonyl (C=O) groups excluding carboxylic acids is 1. The van der Waals surface area contributed by atoms with Crippen molar-refractivity contribution in [3.05, 3.63) is 59.1 Å². The average molecular weight is 411 g/mol. The number of oxazole rings is 1. The molecule has 1 amide bonds. The van der Waals surface area contributed by atoms with E-state index in [9.17, 15) is 4.79 Å². The van der Waals surface area contributed by atoms with Crippen LogP contribution in [0.5, 0.6) is 0 Å². The minimum absolute atomic E-state index is 0.206. The number of carbonyl (C=O) groups is 1. The van der Waals surface area contributed by atoms with E-state index >= 15 is 0 Å². The number of nitrogens with one attached hydrogen (secondary N) is 2. The second-order valence-corrected chi connectivity index (χ2v) is 7.64. The molecule has 150 valence electrons. The number of aryl methyl sites for hydroxylation is 1. The first-order valence-corrected chi connectivity index (χ1v) is 10.3. The fourth-order valence-corrected chi connectivity index (χ4v) is 3.23. The van der Waals surface area contributed by atoms with Crippen LogP contribution in [0.15, 0.2) is 47.0 Å². The third-order valence-corrected chi connectivity index (χ3v) is 5.11. The monoisotopic (exact) mass is 410 g/mol. The molecule has 7 heteroatoms. The molecule has 1 fully saturated rings. The standard InChI is InChI=1S/C22H23ClN4O2/c1-2-5-18-20(29-22(27-18)16-6-3-4-7-17(16)23)21(28)26-15-10-11-19(25-13-15)24-12-14-8-9-14/h3-4,6-7,10-11,13-14H,2,5,8-9,12H2,1H3,(H,24,25)(H,26,28). The van der Waals surface area contributed by atoms with Gasteiger partial charge in [-0.3, -0.25) is 4.79 Å². The molecule has 3 aromatic rings. The smallest absolute Gasteiger partial charge is 0.293 e. The van der Waals surface area contributed by atoms with Crippen molar-refractivity contribution >= 4 is 29.0 Å². The van der Waals surface area contributed by atoms with Crippen molar-refractivity contribution in [3.63, 3.8) is 0 Å². The van der Waals surface area contributed by atoms with Crippen LogP contribution in [-0.4, -0.2) is 22.4 Å². The molecule has 0 unspecified atom stereocenters. The van der Waals surface area contributed by atoms with E-state index in [2.05, 4.69) is 20.6 Å². The number of nitrogens with zero attached hydrogens (tertiary/aromatic N) is 2. The zero-order valence-corrected chi connectivity index (χ0v) is 17.0. The maximum absolute atomic E-state index is 12.8. The number of rotatable bonds is 8. The molecular weight excluding hydrogens is 388 g/mol. The van der Waals surface area contributed by atoms with Gasteiger partial charge in [-0.25, -0.2) is 9.97 Å². The maximum atomic E-state index is 12.8. The van der Waals surface area contributed by atoms with Gasteiger partial charge in [0.15, 0.2) is 0 Å². The van der Waals surface area contributed by atoms with Gasteiger partial charge in [0.1, 0.15) is 5.82 Å². The fourth-order valence-electron chi connectivity index (χ4n) is 3.02. The van der Waals surface area contributed by atoms with Gasteiger partial charge in [-0.15, -0.1) is 0 Å². The van der Waals surface area contributed by atoms with Crippen LogP contribution in [0, 0.1) is 5.92 Å². The molecule has 1 saturated carbocycles. The molecule has 0 radical (unpaired) electrons. The van der Waals surface area contributed by atoms with Gasteiger partial charge in [0, 0.05) is 6.54 Å². The van der Waals surface area contributed by atoms with Gasteiger partial charge in [-0.1, -0.05) is 37.1 Å². The summed E-state index contributed by atoms with van der Waals surface area (Å²) in [6.07, 6.45) is 5.69. The first-order valence-electron chi connectivity index (χ1n) is 9.90. The summed E-state index contributed by atoms with van der Waals surface area (Å²) in [5, 5.41) is 6.68. The molecule has 0 spiro atoms. The third-order valence-electron chi connectivity index (χ3n) is 4.78. The first kappa shape index (κ1) is 19.5. The van der Waals surface area contributed by atoms with Crippen LogP contribution in [0.4, 0.5) is 11.5 Å². The number of pyridine rings is 1. The van der Waals surface area contributed by atoms with Crippen molar-refractivity contribution in [2.45, 2.75) is 32.6 Å². The summed E-state index contributed by atoms with van der Waals surface area (Å²) in [7, 11) is 0. The second-order valence-electron chi connectivity index (χ2n) is 7.24. The Bertz CT molecular complexity index is 996. The Morgan fingerprint density at radius 2 is 2.07 bits per heavy atom. The molecule has 4 rings (SSSR count). The molecule has 6 nitrogen and oxygen atoms in total. The number of hydrogen-bond donors (Lipinski definition) is 2. The van der Waals surface area contributed by atoms with Gasteiger partial charge < -0.3 is 15.1 Å². The van der Waals surface area contributed by atoms with Gasteiger partial charge >= 0.3 is 0 Å². The first-order chi connectivity index (χ1) is 14.1. The lowest BCUT2D eigenvalue weighted by atomic mass is 10.2. The fraction of sp³-hybridized carbons (Fsp3) is 0.318. The average Bonchev–Trinajstić information content (AvgIpc) is 3.46. The molecular formula is C22H23ClN4O2. The van der Waals surface area contributed by atoms with Crippen molar-refractivity contribution in [1.82, 2.24) is 9.97 Å². The van der Waals surface area contributed by atoms with Gasteiger partial charge in [0.25, 0.3) is 5.91 Å². The highest BCUT2D eigenvalue weighted by Crippen LogP contribution is 2.30. The summed E-state index contributed by atoms with van der Waals surface area (Å²) in [6, 6.07) is 11.0. The minimum Gasteiger partial charge on any atom is -0.431 e. The van der Waals surface area contributed by atoms with Crippen LogP contribution in [0.1, 0.15) is 42.4 Å². The van der Waals surface area contributed by atoms with E-state index in [4.69, 9.17) is 16.0 Å². The highest BCUT2D eigenvalue weighted by atomic mass is 35.5. The van der Waals surface area contributed by atoms with Crippen molar-refractivity contribution in [1.29, 1.82) is 0 Å². The van der Waals surface area contributed by atoms with Crippen LogP contribution < -0.4 is 10.6 Å². The van der Waals surface area contributed by atoms with Crippen LogP contribution in [-0.2, 0) is 6.42 Å². The Labute approximate surface area is 174 Å². The lowest BCUT2D eigenvalue weighted by Crippen LogP contribution is -2.13. The molecule has 1 aliphatic rings. The van der Waals surface area contributed by atoms with Gasteiger partial charge in [0.2, 0.25) is 11.7 Å². The largest absolute Gasteiger partial charge is 0.431 e. The molecule has 1 aliphatic carbocycles. The highest BCUT2D eigenvalue weighted by molar-refractivity contribution is 6.33. The van der Waals surface area contributed by atoms with Crippen LogP contribution in [0.2, 0.25) is 5.02 Å². The second kappa shape index (κ2) is 8.66. The Kier molecular flexibility index (Phi) is 5.81. The molecule has 2 heterocycles. The number of aromatic nitrogens is 2. The van der Waals surface area contributed by atoms with E-state index < -0.39 is 0 Å². The van der Waals surface area contributed by atoms with E-state index in [1.165, 1.54) is 12.8 Å². The summed E-state index contributed by atoms with van der Waals surface area (Å²) < 4.78 is 5.82. The van der Waals surface area contributed by atoms with Crippen molar-refractivity contribution < 1.29 is 9.21 Å². The third kappa shape index (κ3) is 4.77. The van der Waals surface area contributed by atoms with Crippen LogP contribution >= 0.6 is 11.6 Å². The lowest BCUT2D eigenvalue weighted by molar-refractivity contribution is 0.0996.